The van der Waals surface area contributed by atoms with Crippen molar-refractivity contribution in [2.24, 2.45) is 0 Å². The van der Waals surface area contributed by atoms with Gasteiger partial charge in [-0.25, -0.2) is 4.79 Å². The van der Waals surface area contributed by atoms with E-state index in [-0.39, 0.29) is 18.6 Å². The third-order valence-corrected chi connectivity index (χ3v) is 2.55. The van der Waals surface area contributed by atoms with Crippen LogP contribution in [0.1, 0.15) is 26.0 Å². The summed E-state index contributed by atoms with van der Waals surface area (Å²) in [6.07, 6.45) is 4.68. The Morgan fingerprint density at radius 1 is 1.50 bits per heavy atom. The zero-order valence-corrected chi connectivity index (χ0v) is 11.5. The second kappa shape index (κ2) is 7.93. The molecule has 0 saturated heterocycles. The number of aromatic nitrogens is 1. The summed E-state index contributed by atoms with van der Waals surface area (Å²) in [7, 11) is 0. The zero-order chi connectivity index (χ0) is 15.0. The van der Waals surface area contributed by atoms with Crippen molar-refractivity contribution in [1.82, 2.24) is 10.3 Å². The second-order valence-corrected chi connectivity index (χ2v) is 4.26. The van der Waals surface area contributed by atoms with Crippen LogP contribution < -0.4 is 10.1 Å². The normalized spacial score (nSPS) is 12.1. The van der Waals surface area contributed by atoms with Gasteiger partial charge in [-0.15, -0.1) is 0 Å². The van der Waals surface area contributed by atoms with Gasteiger partial charge < -0.3 is 15.2 Å². The molecule has 6 nitrogen and oxygen atoms in total. The third kappa shape index (κ3) is 5.99. The Balaban J connectivity index is 2.45. The van der Waals surface area contributed by atoms with Crippen LogP contribution in [0.2, 0.25) is 0 Å². The topological polar surface area (TPSA) is 88.5 Å². The van der Waals surface area contributed by atoms with Gasteiger partial charge in [-0.1, -0.05) is 6.92 Å². The Labute approximate surface area is 117 Å². The molecule has 1 rings (SSSR count). The minimum absolute atomic E-state index is 0.0731. The predicted octanol–water partition coefficient (Wildman–Crippen LogP) is 1.47. The molecule has 108 valence electrons. The molecule has 0 fully saturated rings. The van der Waals surface area contributed by atoms with E-state index >= 15 is 0 Å². The number of hydrogen-bond donors (Lipinski definition) is 2. The number of carbonyl (C=O) groups is 2. The second-order valence-electron chi connectivity index (χ2n) is 4.26. The number of rotatable bonds is 7. The lowest BCUT2D eigenvalue weighted by Gasteiger charge is -2.11. The molecule has 2 N–H and O–H groups in total. The highest BCUT2D eigenvalue weighted by atomic mass is 16.5. The molecule has 0 aromatic carbocycles. The monoisotopic (exact) mass is 278 g/mol. The average molecular weight is 278 g/mol. The molecule has 0 radical (unpaired) electrons. The minimum Gasteiger partial charge on any atom is -0.482 e. The number of ether oxygens (including phenoxy) is 1. The van der Waals surface area contributed by atoms with Gasteiger partial charge in [-0.2, -0.15) is 0 Å². The molecular formula is C14H18N2O4. The molecule has 1 atom stereocenters. The molecule has 1 unspecified atom stereocenters. The van der Waals surface area contributed by atoms with Gasteiger partial charge in [0.2, 0.25) is 0 Å². The van der Waals surface area contributed by atoms with E-state index in [1.165, 1.54) is 12.3 Å². The van der Waals surface area contributed by atoms with Gasteiger partial charge in [0.1, 0.15) is 5.75 Å². The van der Waals surface area contributed by atoms with E-state index in [4.69, 9.17) is 9.84 Å². The van der Waals surface area contributed by atoms with Crippen LogP contribution in [0.4, 0.5) is 0 Å². The number of carboxylic acids is 1. The molecule has 0 aliphatic heterocycles. The zero-order valence-electron chi connectivity index (χ0n) is 11.5. The van der Waals surface area contributed by atoms with E-state index < -0.39 is 5.97 Å². The number of amides is 1. The van der Waals surface area contributed by atoms with Gasteiger partial charge in [-0.05, 0) is 31.6 Å². The third-order valence-electron chi connectivity index (χ3n) is 2.55. The van der Waals surface area contributed by atoms with Crippen LogP contribution >= 0.6 is 0 Å². The van der Waals surface area contributed by atoms with Gasteiger partial charge in [0.15, 0.2) is 6.61 Å². The van der Waals surface area contributed by atoms with Crippen LogP contribution in [0.3, 0.4) is 0 Å². The van der Waals surface area contributed by atoms with E-state index in [1.807, 2.05) is 13.8 Å². The first kappa shape index (κ1) is 15.7. The maximum Gasteiger partial charge on any atom is 0.328 e. The summed E-state index contributed by atoms with van der Waals surface area (Å²) in [5.74, 6) is -0.764. The first-order valence-corrected chi connectivity index (χ1v) is 6.30. The summed E-state index contributed by atoms with van der Waals surface area (Å²) < 4.78 is 5.28. The summed E-state index contributed by atoms with van der Waals surface area (Å²) in [6.45, 7) is 3.83. The summed E-state index contributed by atoms with van der Waals surface area (Å²) in [6, 6.07) is 3.36. The maximum atomic E-state index is 11.5. The number of nitrogens with one attached hydrogen (secondary N) is 1. The van der Waals surface area contributed by atoms with Crippen LogP contribution in [0.5, 0.6) is 5.75 Å². The highest BCUT2D eigenvalue weighted by Gasteiger charge is 2.06. The van der Waals surface area contributed by atoms with Crippen molar-refractivity contribution in [2.45, 2.75) is 26.3 Å². The fraction of sp³-hybridized carbons (Fsp3) is 0.357. The van der Waals surface area contributed by atoms with Gasteiger partial charge in [0.05, 0.1) is 11.9 Å². The molecule has 0 spiro atoms. The molecule has 1 heterocycles. The Morgan fingerprint density at radius 3 is 2.80 bits per heavy atom. The number of pyridine rings is 1. The summed E-state index contributed by atoms with van der Waals surface area (Å²) in [4.78, 5) is 25.8. The molecule has 0 aliphatic rings. The quantitative estimate of drug-likeness (QED) is 0.737. The lowest BCUT2D eigenvalue weighted by molar-refractivity contribution is -0.131. The maximum absolute atomic E-state index is 11.5. The molecule has 0 saturated carbocycles. The number of carboxylic acid groups (broad SMARTS) is 1. The minimum atomic E-state index is -1.03. The molecule has 0 bridgehead atoms. The van der Waals surface area contributed by atoms with Crippen LogP contribution in [-0.4, -0.2) is 34.6 Å². The first-order valence-electron chi connectivity index (χ1n) is 6.30. The van der Waals surface area contributed by atoms with Crippen LogP contribution in [0.25, 0.3) is 6.08 Å². The Kier molecular flexibility index (Phi) is 6.22. The number of hydrogen-bond acceptors (Lipinski definition) is 4. The SMILES string of the molecule is CCC(C)NC(=O)COc1ccc(C=CC(=O)O)nc1. The van der Waals surface area contributed by atoms with E-state index in [0.29, 0.717) is 11.4 Å². The fourth-order valence-corrected chi connectivity index (χ4v) is 1.30. The van der Waals surface area contributed by atoms with Crippen molar-refractivity contribution in [2.75, 3.05) is 6.61 Å². The first-order chi connectivity index (χ1) is 9.51. The van der Waals surface area contributed by atoms with Crippen LogP contribution in [0.15, 0.2) is 24.4 Å². The van der Waals surface area contributed by atoms with Crippen molar-refractivity contribution in [3.63, 3.8) is 0 Å². The molecule has 0 aliphatic carbocycles. The molecule has 1 aromatic heterocycles. The van der Waals surface area contributed by atoms with Gasteiger partial charge in [0, 0.05) is 12.1 Å². The van der Waals surface area contributed by atoms with Crippen molar-refractivity contribution < 1.29 is 19.4 Å². The summed E-state index contributed by atoms with van der Waals surface area (Å²) in [5.41, 5.74) is 0.504. The Hall–Kier alpha value is -2.37. The predicted molar refractivity (Wildman–Crippen MR) is 74.3 cm³/mol. The summed E-state index contributed by atoms with van der Waals surface area (Å²) >= 11 is 0. The highest BCUT2D eigenvalue weighted by Crippen LogP contribution is 2.09. The average Bonchev–Trinajstić information content (AvgIpc) is 2.43. The Morgan fingerprint density at radius 2 is 2.25 bits per heavy atom. The largest absolute Gasteiger partial charge is 0.482 e. The fourth-order valence-electron chi connectivity index (χ4n) is 1.30. The lowest BCUT2D eigenvalue weighted by Crippen LogP contribution is -2.35. The molecular weight excluding hydrogens is 260 g/mol. The number of aliphatic carboxylic acids is 1. The molecule has 1 amide bonds. The molecule has 6 heteroatoms. The number of nitrogens with zero attached hydrogens (tertiary/aromatic N) is 1. The lowest BCUT2D eigenvalue weighted by atomic mass is 10.2. The van der Waals surface area contributed by atoms with E-state index in [2.05, 4.69) is 10.3 Å². The summed E-state index contributed by atoms with van der Waals surface area (Å²) in [5, 5.41) is 11.3. The smallest absolute Gasteiger partial charge is 0.328 e. The van der Waals surface area contributed by atoms with Gasteiger partial charge in [0.25, 0.3) is 5.91 Å². The molecule has 1 aromatic rings. The Bertz CT molecular complexity index is 482. The standard InChI is InChI=1S/C14H18N2O4/c1-3-10(2)16-13(17)9-20-12-6-4-11(15-8-12)5-7-14(18)19/h4-8,10H,3,9H2,1-2H3,(H,16,17)(H,18,19). The van der Waals surface area contributed by atoms with Crippen LogP contribution in [-0.2, 0) is 9.59 Å². The van der Waals surface area contributed by atoms with Crippen LogP contribution in [0, 0.1) is 0 Å². The van der Waals surface area contributed by atoms with Crippen molar-refractivity contribution in [1.29, 1.82) is 0 Å². The van der Waals surface area contributed by atoms with E-state index in [1.54, 1.807) is 12.1 Å². The van der Waals surface area contributed by atoms with Crippen molar-refractivity contribution in [3.8, 4) is 5.75 Å². The highest BCUT2D eigenvalue weighted by molar-refractivity contribution is 5.84. The number of carbonyl (C=O) groups excluding carboxylic acids is 1. The van der Waals surface area contributed by atoms with E-state index in [0.717, 1.165) is 12.5 Å². The van der Waals surface area contributed by atoms with E-state index in [9.17, 15) is 9.59 Å². The van der Waals surface area contributed by atoms with Crippen molar-refractivity contribution >= 4 is 18.0 Å². The van der Waals surface area contributed by atoms with Crippen molar-refractivity contribution in [3.05, 3.63) is 30.1 Å². The van der Waals surface area contributed by atoms with Gasteiger partial charge >= 0.3 is 5.97 Å². The van der Waals surface area contributed by atoms with Gasteiger partial charge in [-0.3, -0.25) is 9.78 Å². The molecule has 20 heavy (non-hydrogen) atoms.